The molecule has 6 nitrogen and oxygen atoms in total. The molecule has 0 spiro atoms. The predicted octanol–water partition coefficient (Wildman–Crippen LogP) is 3.53. The molecule has 0 saturated carbocycles. The molecule has 1 fully saturated rings. The van der Waals surface area contributed by atoms with Crippen LogP contribution in [-0.2, 0) is 4.79 Å². The smallest absolute Gasteiger partial charge is 0.265 e. The molecule has 1 aliphatic rings. The van der Waals surface area contributed by atoms with Crippen molar-refractivity contribution in [3.05, 3.63) is 54.1 Å². The highest BCUT2D eigenvalue weighted by Gasteiger charge is 2.29. The average Bonchev–Trinajstić information content (AvgIpc) is 3.31. The number of amides is 2. The summed E-state index contributed by atoms with van der Waals surface area (Å²) in [6, 6.07) is 14.9. The lowest BCUT2D eigenvalue weighted by molar-refractivity contribution is -0.127. The fourth-order valence-corrected chi connectivity index (χ4v) is 4.13. The van der Waals surface area contributed by atoms with Crippen LogP contribution in [0.25, 0.3) is 10.2 Å². The quantitative estimate of drug-likeness (QED) is 0.678. The minimum absolute atomic E-state index is 0.0638. The number of aromatic nitrogens is 1. The first-order valence-corrected chi connectivity index (χ1v) is 9.57. The Bertz CT molecular complexity index is 968. The van der Waals surface area contributed by atoms with Gasteiger partial charge in [-0.05, 0) is 30.7 Å². The lowest BCUT2D eigenvalue weighted by atomic mass is 10.2. The van der Waals surface area contributed by atoms with Crippen LogP contribution in [0.5, 0.6) is 5.75 Å². The van der Waals surface area contributed by atoms with Gasteiger partial charge in [0.2, 0.25) is 5.91 Å². The molecule has 138 valence electrons. The van der Waals surface area contributed by atoms with Gasteiger partial charge in [0.1, 0.15) is 12.4 Å². The first-order valence-electron chi connectivity index (χ1n) is 8.75. The second kappa shape index (κ2) is 7.36. The number of hydrogen-bond acceptors (Lipinski definition) is 5. The first-order chi connectivity index (χ1) is 13.2. The third-order valence-corrected chi connectivity index (χ3v) is 5.64. The summed E-state index contributed by atoms with van der Waals surface area (Å²) >= 11 is 1.44. The van der Waals surface area contributed by atoms with Crippen LogP contribution >= 0.6 is 11.3 Å². The maximum Gasteiger partial charge on any atom is 0.265 e. The molecule has 2 heterocycles. The molecule has 0 radical (unpaired) electrons. The summed E-state index contributed by atoms with van der Waals surface area (Å²) in [5.74, 6) is 0.335. The van der Waals surface area contributed by atoms with Crippen molar-refractivity contribution in [1.29, 1.82) is 0 Å². The van der Waals surface area contributed by atoms with Gasteiger partial charge in [0.15, 0.2) is 5.13 Å². The van der Waals surface area contributed by atoms with Crippen molar-refractivity contribution in [3.8, 4) is 5.75 Å². The third kappa shape index (κ3) is 3.38. The van der Waals surface area contributed by atoms with Gasteiger partial charge in [0, 0.05) is 13.0 Å². The van der Waals surface area contributed by atoms with Gasteiger partial charge in [-0.3, -0.25) is 14.5 Å². The largest absolute Gasteiger partial charge is 0.496 e. The number of benzene rings is 2. The van der Waals surface area contributed by atoms with Crippen molar-refractivity contribution < 1.29 is 14.3 Å². The molecule has 1 aliphatic heterocycles. The molecule has 3 aromatic rings. The van der Waals surface area contributed by atoms with Crippen molar-refractivity contribution in [2.24, 2.45) is 0 Å². The summed E-state index contributed by atoms with van der Waals surface area (Å²) in [6.45, 7) is 0.842. The van der Waals surface area contributed by atoms with Gasteiger partial charge in [-0.2, -0.15) is 0 Å². The Morgan fingerprint density at radius 1 is 1.22 bits per heavy atom. The first kappa shape index (κ1) is 17.5. The number of nitrogens with zero attached hydrogens (tertiary/aromatic N) is 3. The Morgan fingerprint density at radius 3 is 2.74 bits per heavy atom. The number of anilines is 1. The summed E-state index contributed by atoms with van der Waals surface area (Å²) in [7, 11) is 1.54. The number of hydrogen-bond donors (Lipinski definition) is 0. The summed E-state index contributed by atoms with van der Waals surface area (Å²) in [5, 5.41) is 0.576. The molecule has 0 bridgehead atoms. The number of carbonyl (C=O) groups is 2. The number of methoxy groups -OCH3 is 1. The fraction of sp³-hybridized carbons (Fsp3) is 0.250. The van der Waals surface area contributed by atoms with E-state index in [-0.39, 0.29) is 18.5 Å². The average molecular weight is 381 g/mol. The lowest BCUT2D eigenvalue weighted by Crippen LogP contribution is -2.42. The topological polar surface area (TPSA) is 62.7 Å². The zero-order valence-corrected chi connectivity index (χ0v) is 15.7. The van der Waals surface area contributed by atoms with Crippen LogP contribution in [0.3, 0.4) is 0 Å². The minimum Gasteiger partial charge on any atom is -0.496 e. The molecular weight excluding hydrogens is 362 g/mol. The monoisotopic (exact) mass is 381 g/mol. The van der Waals surface area contributed by atoms with E-state index in [1.54, 1.807) is 28.0 Å². The Labute approximate surface area is 161 Å². The van der Waals surface area contributed by atoms with E-state index >= 15 is 0 Å². The van der Waals surface area contributed by atoms with E-state index < -0.39 is 0 Å². The van der Waals surface area contributed by atoms with Crippen LogP contribution in [0.4, 0.5) is 5.13 Å². The van der Waals surface area contributed by atoms with E-state index in [1.807, 2.05) is 30.3 Å². The van der Waals surface area contributed by atoms with Crippen molar-refractivity contribution in [2.45, 2.75) is 12.8 Å². The SMILES string of the molecule is COc1ccccc1C(=O)N(CN1CCCC1=O)c1nc2ccccc2s1. The van der Waals surface area contributed by atoms with E-state index in [1.165, 1.54) is 18.4 Å². The third-order valence-electron chi connectivity index (χ3n) is 4.58. The predicted molar refractivity (Wildman–Crippen MR) is 105 cm³/mol. The van der Waals surface area contributed by atoms with Gasteiger partial charge < -0.3 is 9.64 Å². The summed E-state index contributed by atoms with van der Waals surface area (Å²) in [6.07, 6.45) is 1.34. The molecule has 2 amide bonds. The number of carbonyl (C=O) groups excluding carboxylic acids is 2. The Morgan fingerprint density at radius 2 is 2.00 bits per heavy atom. The van der Waals surface area contributed by atoms with Crippen molar-refractivity contribution in [2.75, 3.05) is 25.2 Å². The lowest BCUT2D eigenvalue weighted by Gasteiger charge is -2.26. The van der Waals surface area contributed by atoms with Crippen LogP contribution in [0.15, 0.2) is 48.5 Å². The van der Waals surface area contributed by atoms with E-state index in [0.717, 1.165) is 16.6 Å². The van der Waals surface area contributed by atoms with Gasteiger partial charge >= 0.3 is 0 Å². The molecule has 0 aliphatic carbocycles. The van der Waals surface area contributed by atoms with E-state index in [0.29, 0.717) is 29.4 Å². The molecule has 7 heteroatoms. The van der Waals surface area contributed by atoms with Gasteiger partial charge in [0.05, 0.1) is 22.9 Å². The summed E-state index contributed by atoms with van der Waals surface area (Å²) in [4.78, 5) is 33.4. The van der Waals surface area contributed by atoms with Crippen LogP contribution in [0.1, 0.15) is 23.2 Å². The summed E-state index contributed by atoms with van der Waals surface area (Å²) in [5.41, 5.74) is 1.29. The Balaban J connectivity index is 1.75. The number of thiazole rings is 1. The zero-order chi connectivity index (χ0) is 18.8. The highest BCUT2D eigenvalue weighted by atomic mass is 32.1. The van der Waals surface area contributed by atoms with E-state index in [4.69, 9.17) is 4.74 Å². The molecule has 4 rings (SSSR count). The molecule has 27 heavy (non-hydrogen) atoms. The number of para-hydroxylation sites is 2. The number of ether oxygens (including phenoxy) is 1. The molecule has 0 unspecified atom stereocenters. The summed E-state index contributed by atoms with van der Waals surface area (Å²) < 4.78 is 6.36. The normalized spacial score (nSPS) is 14.0. The standard InChI is InChI=1S/C20H19N3O3S/c1-26-16-9-4-2-7-14(16)19(25)23(13-22-12-6-11-18(22)24)20-21-15-8-3-5-10-17(15)27-20/h2-5,7-10H,6,11-13H2,1H3. The Kier molecular flexibility index (Phi) is 4.77. The second-order valence-electron chi connectivity index (χ2n) is 6.30. The number of fused-ring (bicyclic) bond motifs is 1. The van der Waals surface area contributed by atoms with Crippen molar-refractivity contribution in [3.63, 3.8) is 0 Å². The molecule has 1 aromatic heterocycles. The molecular formula is C20H19N3O3S. The zero-order valence-electron chi connectivity index (χ0n) is 14.9. The van der Waals surface area contributed by atoms with Crippen LogP contribution in [-0.4, -0.2) is 42.0 Å². The molecule has 0 atom stereocenters. The maximum atomic E-state index is 13.4. The van der Waals surface area contributed by atoms with Gasteiger partial charge in [-0.1, -0.05) is 35.6 Å². The second-order valence-corrected chi connectivity index (χ2v) is 7.31. The highest BCUT2D eigenvalue weighted by molar-refractivity contribution is 7.22. The molecule has 1 saturated heterocycles. The van der Waals surface area contributed by atoms with E-state index in [2.05, 4.69) is 4.98 Å². The minimum atomic E-state index is -0.230. The fourth-order valence-electron chi connectivity index (χ4n) is 3.18. The van der Waals surface area contributed by atoms with Gasteiger partial charge in [-0.15, -0.1) is 0 Å². The van der Waals surface area contributed by atoms with Crippen LogP contribution in [0, 0.1) is 0 Å². The van der Waals surface area contributed by atoms with E-state index in [9.17, 15) is 9.59 Å². The molecule has 0 N–H and O–H groups in total. The number of likely N-dealkylation sites (tertiary alicyclic amines) is 1. The number of rotatable bonds is 5. The highest BCUT2D eigenvalue weighted by Crippen LogP contribution is 2.31. The maximum absolute atomic E-state index is 13.4. The van der Waals surface area contributed by atoms with Crippen molar-refractivity contribution in [1.82, 2.24) is 9.88 Å². The van der Waals surface area contributed by atoms with Crippen LogP contribution < -0.4 is 9.64 Å². The van der Waals surface area contributed by atoms with Gasteiger partial charge in [-0.25, -0.2) is 4.98 Å². The Hall–Kier alpha value is -2.93. The van der Waals surface area contributed by atoms with Crippen LogP contribution in [0.2, 0.25) is 0 Å². The molecule has 2 aromatic carbocycles. The van der Waals surface area contributed by atoms with Gasteiger partial charge in [0.25, 0.3) is 5.91 Å². The van der Waals surface area contributed by atoms with Crippen molar-refractivity contribution >= 4 is 38.5 Å².